The SMILES string of the molecule is [2H]c1c([2H])c([2H])c(-c2ccc3c(c2)Oc2ccc(-c4c5ccccc5cc5c4ccc4ccccc45)c4cccc-3c24)c([2H])c1[2H]. The number of ether oxygens (including phenoxy) is 1. The third-order valence-corrected chi connectivity index (χ3v) is 8.32. The molecule has 0 atom stereocenters. The molecule has 190 valence electrons. The molecule has 0 N–H and O–H groups in total. The van der Waals surface area contributed by atoms with Crippen LogP contribution in [-0.4, -0.2) is 0 Å². The summed E-state index contributed by atoms with van der Waals surface area (Å²) in [7, 11) is 0. The molecule has 0 aromatic heterocycles. The van der Waals surface area contributed by atoms with Gasteiger partial charge in [0.15, 0.2) is 0 Å². The van der Waals surface area contributed by atoms with Gasteiger partial charge in [-0.25, -0.2) is 0 Å². The van der Waals surface area contributed by atoms with E-state index in [0.29, 0.717) is 11.3 Å². The van der Waals surface area contributed by atoms with E-state index in [0.717, 1.165) is 33.2 Å². The standard InChI is InChI=1S/C40H24O/c1-2-9-25(10-3-1)27-18-19-31-32-15-8-16-33-34(21-22-37(40(32)33)41-38(31)24-27)39-30-14-7-5-12-28(30)23-36-29-13-6-4-11-26(29)17-20-35(36)39/h1-24H/i1D,2D,3D,9D,10D. The lowest BCUT2D eigenvalue weighted by Gasteiger charge is -2.24. The van der Waals surface area contributed by atoms with E-state index in [-0.39, 0.29) is 29.7 Å². The average Bonchev–Trinajstić information content (AvgIpc) is 3.09. The summed E-state index contributed by atoms with van der Waals surface area (Å²) in [4.78, 5) is 0. The van der Waals surface area contributed by atoms with Gasteiger partial charge in [0.25, 0.3) is 0 Å². The topological polar surface area (TPSA) is 9.23 Å². The summed E-state index contributed by atoms with van der Waals surface area (Å²) < 4.78 is 47.7. The highest BCUT2D eigenvalue weighted by molar-refractivity contribution is 6.23. The molecule has 0 saturated carbocycles. The Labute approximate surface area is 244 Å². The molecule has 0 fully saturated rings. The lowest BCUT2D eigenvalue weighted by molar-refractivity contribution is 0.487. The lowest BCUT2D eigenvalue weighted by atomic mass is 9.85. The second-order valence-corrected chi connectivity index (χ2v) is 10.5. The van der Waals surface area contributed by atoms with Crippen LogP contribution in [0.5, 0.6) is 11.5 Å². The molecule has 41 heavy (non-hydrogen) atoms. The van der Waals surface area contributed by atoms with Crippen LogP contribution in [0.1, 0.15) is 6.85 Å². The second-order valence-electron chi connectivity index (χ2n) is 10.5. The van der Waals surface area contributed by atoms with Crippen molar-refractivity contribution in [1.29, 1.82) is 0 Å². The first-order chi connectivity index (χ1) is 22.4. The highest BCUT2D eigenvalue weighted by Gasteiger charge is 2.23. The van der Waals surface area contributed by atoms with Crippen molar-refractivity contribution in [1.82, 2.24) is 0 Å². The van der Waals surface area contributed by atoms with Crippen molar-refractivity contribution in [2.45, 2.75) is 0 Å². The Balaban J connectivity index is 1.29. The Morgan fingerprint density at radius 3 is 2.12 bits per heavy atom. The largest absolute Gasteiger partial charge is 0.456 e. The van der Waals surface area contributed by atoms with E-state index >= 15 is 0 Å². The third-order valence-electron chi connectivity index (χ3n) is 8.32. The van der Waals surface area contributed by atoms with Gasteiger partial charge < -0.3 is 4.74 Å². The van der Waals surface area contributed by atoms with Crippen molar-refractivity contribution in [2.24, 2.45) is 0 Å². The lowest BCUT2D eigenvalue weighted by Crippen LogP contribution is -1.98. The first kappa shape index (κ1) is 18.0. The van der Waals surface area contributed by atoms with Crippen LogP contribution < -0.4 is 4.74 Å². The monoisotopic (exact) mass is 525 g/mol. The summed E-state index contributed by atoms with van der Waals surface area (Å²) in [5.41, 5.74) is 4.90. The number of rotatable bonds is 2. The van der Waals surface area contributed by atoms with E-state index in [1.807, 2.05) is 18.2 Å². The van der Waals surface area contributed by atoms with Gasteiger partial charge in [-0.3, -0.25) is 0 Å². The summed E-state index contributed by atoms with van der Waals surface area (Å²) in [5.74, 6) is 1.30. The first-order valence-electron chi connectivity index (χ1n) is 16.2. The molecule has 0 amide bonds. The fourth-order valence-corrected chi connectivity index (χ4v) is 6.51. The van der Waals surface area contributed by atoms with Crippen LogP contribution in [-0.2, 0) is 0 Å². The van der Waals surface area contributed by atoms with E-state index in [9.17, 15) is 0 Å². The average molecular weight is 526 g/mol. The Hall–Kier alpha value is -5.40. The van der Waals surface area contributed by atoms with E-state index in [4.69, 9.17) is 11.6 Å². The molecule has 1 aliphatic heterocycles. The van der Waals surface area contributed by atoms with Crippen LogP contribution in [0.3, 0.4) is 0 Å². The van der Waals surface area contributed by atoms with Gasteiger partial charge in [0, 0.05) is 10.9 Å². The molecule has 8 aromatic carbocycles. The van der Waals surface area contributed by atoms with Crippen LogP contribution in [0.25, 0.3) is 76.5 Å². The van der Waals surface area contributed by atoms with Crippen LogP contribution >= 0.6 is 0 Å². The molecule has 0 aliphatic carbocycles. The van der Waals surface area contributed by atoms with Crippen molar-refractivity contribution in [3.05, 3.63) is 145 Å². The van der Waals surface area contributed by atoms with Crippen LogP contribution in [0, 0.1) is 0 Å². The summed E-state index contributed by atoms with van der Waals surface area (Å²) >= 11 is 0. The number of hydrogen-bond acceptors (Lipinski definition) is 1. The quantitative estimate of drug-likeness (QED) is 0.161. The van der Waals surface area contributed by atoms with Gasteiger partial charge in [-0.1, -0.05) is 115 Å². The zero-order valence-electron chi connectivity index (χ0n) is 26.9. The minimum Gasteiger partial charge on any atom is -0.456 e. The van der Waals surface area contributed by atoms with E-state index < -0.39 is 6.04 Å². The Morgan fingerprint density at radius 2 is 1.22 bits per heavy atom. The van der Waals surface area contributed by atoms with Gasteiger partial charge in [0.05, 0.1) is 6.85 Å². The fourth-order valence-electron chi connectivity index (χ4n) is 6.51. The summed E-state index contributed by atoms with van der Waals surface area (Å²) in [6, 6.07) is 38.2. The molecular formula is C40H24O. The zero-order valence-corrected chi connectivity index (χ0v) is 21.9. The molecule has 1 heteroatoms. The highest BCUT2D eigenvalue weighted by atomic mass is 16.5. The van der Waals surface area contributed by atoms with Crippen LogP contribution in [0.15, 0.2) is 145 Å². The molecule has 0 spiro atoms. The summed E-state index contributed by atoms with van der Waals surface area (Å²) in [6.07, 6.45) is 0. The van der Waals surface area contributed by atoms with Gasteiger partial charge in [-0.05, 0) is 95.9 Å². The van der Waals surface area contributed by atoms with Crippen molar-refractivity contribution in [3.8, 4) is 44.9 Å². The summed E-state index contributed by atoms with van der Waals surface area (Å²) in [5, 5.41) is 9.32. The Bertz CT molecular complexity index is 2600. The Morgan fingerprint density at radius 1 is 0.439 bits per heavy atom. The molecule has 1 heterocycles. The van der Waals surface area contributed by atoms with Gasteiger partial charge in [0.1, 0.15) is 11.5 Å². The molecule has 0 bridgehead atoms. The maximum Gasteiger partial charge on any atom is 0.135 e. The predicted octanol–water partition coefficient (Wildman–Crippen LogP) is 11.4. The normalized spacial score (nSPS) is 13.8. The van der Waals surface area contributed by atoms with E-state index in [1.165, 1.54) is 37.9 Å². The van der Waals surface area contributed by atoms with Crippen molar-refractivity contribution in [3.63, 3.8) is 0 Å². The van der Waals surface area contributed by atoms with Gasteiger partial charge >= 0.3 is 0 Å². The molecule has 0 saturated heterocycles. The predicted molar refractivity (Wildman–Crippen MR) is 173 cm³/mol. The van der Waals surface area contributed by atoms with Crippen LogP contribution in [0.2, 0.25) is 0 Å². The zero-order chi connectivity index (χ0) is 31.3. The molecule has 9 rings (SSSR count). The van der Waals surface area contributed by atoms with Crippen molar-refractivity contribution >= 4 is 43.1 Å². The van der Waals surface area contributed by atoms with Gasteiger partial charge in [0.2, 0.25) is 0 Å². The van der Waals surface area contributed by atoms with E-state index in [2.05, 4.69) is 91.0 Å². The maximum atomic E-state index is 8.47. The first-order valence-corrected chi connectivity index (χ1v) is 13.7. The third kappa shape index (κ3) is 3.30. The highest BCUT2D eigenvalue weighted by Crippen LogP contribution is 2.51. The molecule has 0 unspecified atom stereocenters. The van der Waals surface area contributed by atoms with Crippen molar-refractivity contribution in [2.75, 3.05) is 0 Å². The number of benzene rings is 8. The maximum absolute atomic E-state index is 8.47. The van der Waals surface area contributed by atoms with E-state index in [1.54, 1.807) is 6.07 Å². The second kappa shape index (κ2) is 8.55. The molecular weight excluding hydrogens is 496 g/mol. The molecule has 0 radical (unpaired) electrons. The Kier molecular flexibility index (Phi) is 3.76. The number of hydrogen-bond donors (Lipinski definition) is 0. The van der Waals surface area contributed by atoms with Gasteiger partial charge in [-0.2, -0.15) is 0 Å². The minimum atomic E-state index is -0.406. The molecule has 1 nitrogen and oxygen atoms in total. The van der Waals surface area contributed by atoms with Gasteiger partial charge in [-0.15, -0.1) is 0 Å². The molecule has 1 aliphatic rings. The summed E-state index contributed by atoms with van der Waals surface area (Å²) in [6.45, 7) is 0. The van der Waals surface area contributed by atoms with Crippen LogP contribution in [0.4, 0.5) is 0 Å². The minimum absolute atomic E-state index is 0.159. The fraction of sp³-hybridized carbons (Fsp3) is 0. The number of fused-ring (bicyclic) bond motifs is 6. The van der Waals surface area contributed by atoms with Crippen molar-refractivity contribution < 1.29 is 11.6 Å². The smallest absolute Gasteiger partial charge is 0.135 e. The molecule has 8 aromatic rings.